The van der Waals surface area contributed by atoms with Crippen molar-refractivity contribution in [2.75, 3.05) is 25.5 Å². The molecule has 1 aliphatic heterocycles. The Morgan fingerprint density at radius 2 is 1.53 bits per heavy atom. The molecule has 1 unspecified atom stereocenters. The zero-order valence-corrected chi connectivity index (χ0v) is 33.6. The molecule has 1 heterocycles. The molecule has 1 saturated heterocycles. The first-order valence-electron chi connectivity index (χ1n) is 19.6. The van der Waals surface area contributed by atoms with E-state index in [4.69, 9.17) is 0 Å². The van der Waals surface area contributed by atoms with E-state index in [0.717, 1.165) is 38.5 Å². The van der Waals surface area contributed by atoms with Gasteiger partial charge in [0.15, 0.2) is 9.84 Å². The number of hydrogen-bond acceptors (Lipinski definition) is 7. The third kappa shape index (κ3) is 9.62. The zero-order chi connectivity index (χ0) is 39.4. The molecule has 3 saturated carbocycles. The Hall–Kier alpha value is -3.03. The van der Waals surface area contributed by atoms with Gasteiger partial charge in [-0.15, -0.1) is 6.58 Å². The van der Waals surface area contributed by atoms with Crippen LogP contribution in [0.4, 0.5) is 9.18 Å². The van der Waals surface area contributed by atoms with Gasteiger partial charge in [-0.05, 0) is 88.4 Å². The minimum absolute atomic E-state index is 0.0144. The topological polar surface area (TPSA) is 171 Å². The maximum Gasteiger partial charge on any atom is 0.315 e. The van der Waals surface area contributed by atoms with Gasteiger partial charge in [0.2, 0.25) is 17.6 Å². The number of unbranched alkanes of at least 4 members (excludes halogenated alkanes) is 1. The summed E-state index contributed by atoms with van der Waals surface area (Å²) in [4.78, 5) is 70.6. The number of urea groups is 1. The molecule has 4 N–H and O–H groups in total. The van der Waals surface area contributed by atoms with Crippen molar-refractivity contribution in [1.29, 1.82) is 0 Å². The van der Waals surface area contributed by atoms with Crippen molar-refractivity contribution in [3.63, 3.8) is 0 Å². The summed E-state index contributed by atoms with van der Waals surface area (Å²) < 4.78 is 38.9. The van der Waals surface area contributed by atoms with Gasteiger partial charge >= 0.3 is 6.03 Å². The van der Waals surface area contributed by atoms with E-state index in [-0.39, 0.29) is 48.8 Å². The summed E-state index contributed by atoms with van der Waals surface area (Å²) in [5, 5.41) is 11.3. The number of piperidine rings is 1. The van der Waals surface area contributed by atoms with Gasteiger partial charge in [-0.1, -0.05) is 65.4 Å². The normalized spacial score (nSPS) is 25.6. The summed E-state index contributed by atoms with van der Waals surface area (Å²) in [5.41, 5.74) is -1.85. The molecule has 14 heteroatoms. The smallest absolute Gasteiger partial charge is 0.315 e. The molecule has 0 bridgehead atoms. The van der Waals surface area contributed by atoms with Crippen LogP contribution >= 0.6 is 0 Å². The second kappa shape index (κ2) is 16.8. The molecule has 0 spiro atoms. The number of carbonyl (C=O) groups is 5. The van der Waals surface area contributed by atoms with Gasteiger partial charge in [-0.2, -0.15) is 0 Å². The first-order valence-corrected chi connectivity index (χ1v) is 21.3. The number of nitrogens with one attached hydrogen (secondary N) is 4. The monoisotopic (exact) mass is 765 g/mol. The first kappa shape index (κ1) is 42.7. The second-order valence-electron chi connectivity index (χ2n) is 18.0. The van der Waals surface area contributed by atoms with Gasteiger partial charge in [-0.25, -0.2) is 13.2 Å². The lowest BCUT2D eigenvalue weighted by molar-refractivity contribution is -0.146. The van der Waals surface area contributed by atoms with E-state index >= 15 is 0 Å². The molecule has 300 valence electrons. The number of hydrogen-bond donors (Lipinski definition) is 4. The minimum atomic E-state index is -3.59. The summed E-state index contributed by atoms with van der Waals surface area (Å²) in [7, 11) is -3.59. The predicted octanol–water partition coefficient (Wildman–Crippen LogP) is 4.52. The lowest BCUT2D eigenvalue weighted by Crippen LogP contribution is -2.65. The molecule has 4 fully saturated rings. The van der Waals surface area contributed by atoms with Crippen molar-refractivity contribution in [3.8, 4) is 0 Å². The number of fused-ring (bicyclic) bond motifs is 1. The highest BCUT2D eigenvalue weighted by Gasteiger charge is 2.70. The van der Waals surface area contributed by atoms with E-state index in [1.807, 2.05) is 20.8 Å². The molecule has 4 rings (SSSR count). The number of rotatable bonds is 16. The highest BCUT2D eigenvalue weighted by atomic mass is 32.2. The maximum atomic E-state index is 14.9. The standard InChI is InChI=1S/C39H64FN5O7S/c1-8-23-41-33(48)30(46)27(17-11-16-22-40)42-32(47)29-28-26(37(28,5)6)24-45(29)34(49)31(38(7)18-12-9-13-19-38)43-35(50)44-39(20-14-10-15-21-39)25-53(51,52)36(2,3)4/h8,26-29,31H,1,9-25H2,2-7H3,(H,41,48)(H,42,47)(H2,43,44,50)/t26?,27-,28-,29-,31+/m0/s1. The van der Waals surface area contributed by atoms with Crippen molar-refractivity contribution in [2.24, 2.45) is 22.7 Å². The average Bonchev–Trinajstić information content (AvgIpc) is 3.38. The maximum absolute atomic E-state index is 14.9. The quantitative estimate of drug-likeness (QED) is 0.102. The lowest BCUT2D eigenvalue weighted by atomic mass is 9.70. The van der Waals surface area contributed by atoms with E-state index in [2.05, 4.69) is 27.8 Å². The summed E-state index contributed by atoms with van der Waals surface area (Å²) in [5.74, 6) is -3.07. The Morgan fingerprint density at radius 3 is 2.09 bits per heavy atom. The summed E-state index contributed by atoms with van der Waals surface area (Å²) in [6.07, 6.45) is 9.54. The summed E-state index contributed by atoms with van der Waals surface area (Å²) in [6.45, 7) is 14.3. The van der Waals surface area contributed by atoms with Gasteiger partial charge in [0.25, 0.3) is 5.91 Å². The molecular formula is C39H64FN5O7S. The Kier molecular flexibility index (Phi) is 13.5. The molecule has 53 heavy (non-hydrogen) atoms. The third-order valence-corrected chi connectivity index (χ3v) is 15.5. The Labute approximate surface area is 315 Å². The van der Waals surface area contributed by atoms with Crippen LogP contribution in [0.5, 0.6) is 0 Å². The molecule has 12 nitrogen and oxygen atoms in total. The number of sulfone groups is 1. The molecular weight excluding hydrogens is 702 g/mol. The van der Waals surface area contributed by atoms with E-state index < -0.39 is 79.9 Å². The number of ketones is 1. The van der Waals surface area contributed by atoms with Crippen LogP contribution in [0.3, 0.4) is 0 Å². The summed E-state index contributed by atoms with van der Waals surface area (Å²) >= 11 is 0. The molecule has 3 aliphatic carbocycles. The predicted molar refractivity (Wildman–Crippen MR) is 202 cm³/mol. The van der Waals surface area contributed by atoms with Crippen LogP contribution in [0, 0.1) is 22.7 Å². The van der Waals surface area contributed by atoms with Crippen LogP contribution in [0.1, 0.15) is 125 Å². The Bertz CT molecular complexity index is 1500. The average molecular weight is 766 g/mol. The molecule has 0 radical (unpaired) electrons. The van der Waals surface area contributed by atoms with Crippen LogP contribution in [0.15, 0.2) is 12.7 Å². The fourth-order valence-electron chi connectivity index (χ4n) is 9.06. The van der Waals surface area contributed by atoms with Gasteiger partial charge in [0.1, 0.15) is 12.1 Å². The van der Waals surface area contributed by atoms with Crippen molar-refractivity contribution < 1.29 is 36.8 Å². The number of halogens is 1. The molecule has 0 aromatic rings. The number of likely N-dealkylation sites (tertiary alicyclic amines) is 1. The van der Waals surface area contributed by atoms with E-state index in [0.29, 0.717) is 32.2 Å². The lowest BCUT2D eigenvalue weighted by Gasteiger charge is -2.44. The minimum Gasteiger partial charge on any atom is -0.346 e. The van der Waals surface area contributed by atoms with Crippen LogP contribution in [0.25, 0.3) is 0 Å². The molecule has 4 aliphatic rings. The van der Waals surface area contributed by atoms with Crippen molar-refractivity contribution in [2.45, 2.75) is 153 Å². The second-order valence-corrected chi connectivity index (χ2v) is 20.7. The van der Waals surface area contributed by atoms with Gasteiger partial charge < -0.3 is 26.2 Å². The van der Waals surface area contributed by atoms with Gasteiger partial charge in [-0.3, -0.25) is 23.6 Å². The number of carbonyl (C=O) groups excluding carboxylic acids is 5. The molecule has 0 aromatic heterocycles. The van der Waals surface area contributed by atoms with Crippen LogP contribution in [0.2, 0.25) is 0 Å². The number of nitrogens with zero attached hydrogens (tertiary/aromatic N) is 1. The summed E-state index contributed by atoms with van der Waals surface area (Å²) in [6, 6.07) is -3.75. The molecule has 5 atom stereocenters. The van der Waals surface area contributed by atoms with Crippen LogP contribution < -0.4 is 21.3 Å². The van der Waals surface area contributed by atoms with Gasteiger partial charge in [0, 0.05) is 13.1 Å². The van der Waals surface area contributed by atoms with E-state index in [9.17, 15) is 36.8 Å². The Morgan fingerprint density at radius 1 is 0.925 bits per heavy atom. The highest BCUT2D eigenvalue weighted by Crippen LogP contribution is 2.65. The van der Waals surface area contributed by atoms with Crippen molar-refractivity contribution in [3.05, 3.63) is 12.7 Å². The SMILES string of the molecule is C=CCNC(=O)C(=O)[C@H](CCCCF)NC(=O)[C@@H]1[C@@H]2C(CN1C(=O)[C@@H](NC(=O)NC1(CS(=O)(=O)C(C)(C)C)CCCCC1)C1(C)CCCCC1)C2(C)C. The largest absolute Gasteiger partial charge is 0.346 e. The van der Waals surface area contributed by atoms with Crippen molar-refractivity contribution in [1.82, 2.24) is 26.2 Å². The van der Waals surface area contributed by atoms with Crippen molar-refractivity contribution >= 4 is 39.4 Å². The fourth-order valence-corrected chi connectivity index (χ4v) is 10.6. The first-order chi connectivity index (χ1) is 24.7. The van der Waals surface area contributed by atoms with E-state index in [1.165, 1.54) is 6.08 Å². The molecule has 5 amide bonds. The van der Waals surface area contributed by atoms with Crippen LogP contribution in [-0.4, -0.2) is 96.8 Å². The van der Waals surface area contributed by atoms with E-state index in [1.54, 1.807) is 25.7 Å². The highest BCUT2D eigenvalue weighted by molar-refractivity contribution is 7.92. The number of Topliss-reactive ketones (excluding diaryl/α,β-unsaturated/α-hetero) is 1. The Balaban J connectivity index is 1.62. The molecule has 0 aromatic carbocycles. The van der Waals surface area contributed by atoms with Gasteiger partial charge in [0.05, 0.1) is 28.8 Å². The third-order valence-electron chi connectivity index (χ3n) is 12.7. The number of alkyl halides is 1. The van der Waals surface area contributed by atoms with Crippen LogP contribution in [-0.2, 0) is 29.0 Å². The fraction of sp³-hybridized carbons (Fsp3) is 0.821. The zero-order valence-electron chi connectivity index (χ0n) is 32.8. The number of amides is 5.